The van der Waals surface area contributed by atoms with Crippen molar-refractivity contribution in [3.8, 4) is 0 Å². The van der Waals surface area contributed by atoms with E-state index >= 15 is 0 Å². The first kappa shape index (κ1) is 16.7. The largest absolute Gasteiger partial charge is 0.309 e. The van der Waals surface area contributed by atoms with Gasteiger partial charge in [0, 0.05) is 10.9 Å². The van der Waals surface area contributed by atoms with Crippen molar-refractivity contribution in [2.45, 2.75) is 57.5 Å². The van der Waals surface area contributed by atoms with Crippen LogP contribution in [0.15, 0.2) is 23.4 Å². The molecule has 0 aliphatic heterocycles. The maximum absolute atomic E-state index is 12.9. The van der Waals surface area contributed by atoms with Crippen LogP contribution < -0.4 is 10.9 Å². The first-order chi connectivity index (χ1) is 13.2. The standard InChI is InChI=1S/C19H21N5O2S/c25-16(22-15-8-9-21-24(15)12-4-1-2-5-12)10-23-11-20-18-17(19(23)26)13-6-3-7-14(13)27-18/h8-9,11-12H,1-7,10H2,(H,22,25). The summed E-state index contributed by atoms with van der Waals surface area (Å²) in [6.45, 7) is -0.0394. The fourth-order valence-corrected chi connectivity index (χ4v) is 5.54. The highest BCUT2D eigenvalue weighted by atomic mass is 32.1. The second-order valence-electron chi connectivity index (χ2n) is 7.36. The zero-order chi connectivity index (χ0) is 18.4. The molecule has 1 amide bonds. The van der Waals surface area contributed by atoms with Gasteiger partial charge in [-0.25, -0.2) is 9.67 Å². The van der Waals surface area contributed by atoms with E-state index in [1.165, 1.54) is 28.6 Å². The number of hydrogen-bond acceptors (Lipinski definition) is 5. The molecule has 3 heterocycles. The first-order valence-electron chi connectivity index (χ1n) is 9.54. The second kappa shape index (κ2) is 6.60. The van der Waals surface area contributed by atoms with Crippen molar-refractivity contribution in [2.24, 2.45) is 0 Å². The number of aryl methyl sites for hydroxylation is 2. The van der Waals surface area contributed by atoms with Crippen LogP contribution in [-0.4, -0.2) is 25.2 Å². The summed E-state index contributed by atoms with van der Waals surface area (Å²) >= 11 is 1.61. The predicted molar refractivity (Wildman–Crippen MR) is 104 cm³/mol. The van der Waals surface area contributed by atoms with Crippen molar-refractivity contribution < 1.29 is 4.79 Å². The van der Waals surface area contributed by atoms with Gasteiger partial charge in [0.15, 0.2) is 0 Å². The van der Waals surface area contributed by atoms with E-state index in [9.17, 15) is 9.59 Å². The van der Waals surface area contributed by atoms with Crippen LogP contribution in [0.4, 0.5) is 5.82 Å². The Balaban J connectivity index is 1.38. The zero-order valence-corrected chi connectivity index (χ0v) is 15.8. The number of fused-ring (bicyclic) bond motifs is 3. The number of hydrogen-bond donors (Lipinski definition) is 1. The fourth-order valence-electron chi connectivity index (χ4n) is 4.32. The maximum atomic E-state index is 12.9. The van der Waals surface area contributed by atoms with Crippen LogP contribution in [0, 0.1) is 0 Å². The molecule has 8 heteroatoms. The normalized spacial score (nSPS) is 16.9. The van der Waals surface area contributed by atoms with Crippen LogP contribution in [0.1, 0.15) is 48.6 Å². The van der Waals surface area contributed by atoms with Gasteiger partial charge < -0.3 is 5.32 Å². The Hall–Kier alpha value is -2.48. The van der Waals surface area contributed by atoms with Crippen LogP contribution in [0.25, 0.3) is 10.2 Å². The summed E-state index contributed by atoms with van der Waals surface area (Å²) in [5.41, 5.74) is 1.03. The molecule has 0 bridgehead atoms. The minimum absolute atomic E-state index is 0.0394. The molecule has 0 saturated heterocycles. The lowest BCUT2D eigenvalue weighted by atomic mass is 10.2. The fraction of sp³-hybridized carbons (Fsp3) is 0.474. The second-order valence-corrected chi connectivity index (χ2v) is 8.45. The lowest BCUT2D eigenvalue weighted by Crippen LogP contribution is -2.28. The molecule has 0 spiro atoms. The van der Waals surface area contributed by atoms with Gasteiger partial charge in [-0.2, -0.15) is 5.10 Å². The smallest absolute Gasteiger partial charge is 0.262 e. The van der Waals surface area contributed by atoms with Gasteiger partial charge in [0.25, 0.3) is 5.56 Å². The third-order valence-electron chi connectivity index (χ3n) is 5.61. The monoisotopic (exact) mass is 383 g/mol. The molecular formula is C19H21N5O2S. The Labute approximate surface area is 160 Å². The Kier molecular flexibility index (Phi) is 4.07. The number of nitrogens with one attached hydrogen (secondary N) is 1. The number of thiophene rings is 1. The summed E-state index contributed by atoms with van der Waals surface area (Å²) in [5.74, 6) is 0.468. The van der Waals surface area contributed by atoms with Gasteiger partial charge in [-0.15, -0.1) is 11.3 Å². The molecule has 1 fully saturated rings. The molecule has 27 heavy (non-hydrogen) atoms. The third kappa shape index (κ3) is 2.88. The molecule has 3 aromatic rings. The topological polar surface area (TPSA) is 81.8 Å². The van der Waals surface area contributed by atoms with Gasteiger partial charge in [-0.05, 0) is 37.7 Å². The van der Waals surface area contributed by atoms with Gasteiger partial charge in [0.1, 0.15) is 17.2 Å². The number of amides is 1. The number of rotatable bonds is 4. The highest BCUT2D eigenvalue weighted by Crippen LogP contribution is 2.34. The summed E-state index contributed by atoms with van der Waals surface area (Å²) in [5, 5.41) is 7.99. The number of carbonyl (C=O) groups excluding carboxylic acids is 1. The summed E-state index contributed by atoms with van der Waals surface area (Å²) in [6.07, 6.45) is 10.8. The van der Waals surface area contributed by atoms with E-state index in [4.69, 9.17) is 0 Å². The quantitative estimate of drug-likeness (QED) is 0.751. The number of carbonyl (C=O) groups is 1. The lowest BCUT2D eigenvalue weighted by molar-refractivity contribution is -0.116. The average molecular weight is 383 g/mol. The Morgan fingerprint density at radius 1 is 1.26 bits per heavy atom. The third-order valence-corrected chi connectivity index (χ3v) is 6.81. The molecule has 0 unspecified atom stereocenters. The Bertz CT molecular complexity index is 1070. The molecule has 0 aromatic carbocycles. The predicted octanol–water partition coefficient (Wildman–Crippen LogP) is 2.90. The molecule has 0 atom stereocenters. The summed E-state index contributed by atoms with van der Waals surface area (Å²) in [6, 6.07) is 2.16. The van der Waals surface area contributed by atoms with Crippen molar-refractivity contribution in [3.63, 3.8) is 0 Å². The molecule has 5 rings (SSSR count). The minimum Gasteiger partial charge on any atom is -0.309 e. The number of anilines is 1. The van der Waals surface area contributed by atoms with Crippen molar-refractivity contribution in [3.05, 3.63) is 39.4 Å². The molecule has 3 aromatic heterocycles. The Morgan fingerprint density at radius 2 is 2.11 bits per heavy atom. The van der Waals surface area contributed by atoms with Crippen molar-refractivity contribution >= 4 is 33.3 Å². The molecule has 0 radical (unpaired) electrons. The van der Waals surface area contributed by atoms with E-state index in [0.29, 0.717) is 17.2 Å². The van der Waals surface area contributed by atoms with Crippen LogP contribution in [-0.2, 0) is 24.2 Å². The molecule has 7 nitrogen and oxygen atoms in total. The van der Waals surface area contributed by atoms with Gasteiger partial charge >= 0.3 is 0 Å². The summed E-state index contributed by atoms with van der Waals surface area (Å²) in [4.78, 5) is 32.0. The SMILES string of the molecule is O=C(Cn1cnc2sc3c(c2c1=O)CCC3)Nc1ccnn1C1CCCC1. The zero-order valence-electron chi connectivity index (χ0n) is 15.0. The van der Waals surface area contributed by atoms with E-state index in [-0.39, 0.29) is 18.0 Å². The average Bonchev–Trinajstić information content (AvgIpc) is 3.40. The van der Waals surface area contributed by atoms with Gasteiger partial charge in [-0.1, -0.05) is 12.8 Å². The number of aromatic nitrogens is 4. The lowest BCUT2D eigenvalue weighted by Gasteiger charge is -2.15. The van der Waals surface area contributed by atoms with E-state index < -0.39 is 0 Å². The van der Waals surface area contributed by atoms with Crippen LogP contribution >= 0.6 is 11.3 Å². The molecule has 140 valence electrons. The highest BCUT2D eigenvalue weighted by molar-refractivity contribution is 7.18. The molecule has 1 N–H and O–H groups in total. The van der Waals surface area contributed by atoms with Gasteiger partial charge in [0.05, 0.1) is 24.0 Å². The van der Waals surface area contributed by atoms with Gasteiger partial charge in [0.2, 0.25) is 5.91 Å². The van der Waals surface area contributed by atoms with Crippen LogP contribution in [0.2, 0.25) is 0 Å². The Morgan fingerprint density at radius 3 is 2.96 bits per heavy atom. The van der Waals surface area contributed by atoms with E-state index in [2.05, 4.69) is 15.4 Å². The molecular weight excluding hydrogens is 362 g/mol. The van der Waals surface area contributed by atoms with Crippen LogP contribution in [0.3, 0.4) is 0 Å². The highest BCUT2D eigenvalue weighted by Gasteiger charge is 2.23. The molecule has 1 saturated carbocycles. The van der Waals surface area contributed by atoms with E-state index in [1.807, 2.05) is 10.7 Å². The molecule has 2 aliphatic rings. The van der Waals surface area contributed by atoms with Crippen molar-refractivity contribution in [1.29, 1.82) is 0 Å². The van der Waals surface area contributed by atoms with Gasteiger partial charge in [-0.3, -0.25) is 14.2 Å². The van der Waals surface area contributed by atoms with E-state index in [0.717, 1.165) is 42.5 Å². The molecule has 2 aliphatic carbocycles. The summed E-state index contributed by atoms with van der Waals surface area (Å²) in [7, 11) is 0. The van der Waals surface area contributed by atoms with Crippen molar-refractivity contribution in [2.75, 3.05) is 5.32 Å². The van der Waals surface area contributed by atoms with E-state index in [1.54, 1.807) is 17.5 Å². The number of nitrogens with zero attached hydrogens (tertiary/aromatic N) is 4. The first-order valence-corrected chi connectivity index (χ1v) is 10.4. The minimum atomic E-state index is -0.232. The maximum Gasteiger partial charge on any atom is 0.262 e. The van der Waals surface area contributed by atoms with Crippen LogP contribution in [0.5, 0.6) is 0 Å². The summed E-state index contributed by atoms with van der Waals surface area (Å²) < 4.78 is 3.32. The van der Waals surface area contributed by atoms with Crippen molar-refractivity contribution in [1.82, 2.24) is 19.3 Å².